The lowest BCUT2D eigenvalue weighted by Gasteiger charge is -2.36. The zero-order chi connectivity index (χ0) is 43.8. The maximum Gasteiger partial charge on any atom is 0.408 e. The van der Waals surface area contributed by atoms with E-state index in [-0.39, 0.29) is 24.3 Å². The fourth-order valence-corrected chi connectivity index (χ4v) is 8.70. The van der Waals surface area contributed by atoms with Crippen LogP contribution in [0.2, 0.25) is 0 Å². The number of alkyl carbamates (subject to hydrolysis) is 1. The monoisotopic (exact) mass is 839 g/mol. The average Bonchev–Trinajstić information content (AvgIpc) is 3.74. The third-order valence-corrected chi connectivity index (χ3v) is 12.1. The highest BCUT2D eigenvalue weighted by molar-refractivity contribution is 7.90. The van der Waals surface area contributed by atoms with E-state index in [1.165, 1.54) is 17.0 Å². The lowest BCUT2D eigenvalue weighted by Crippen LogP contribution is -2.60. The molecule has 14 nitrogen and oxygen atoms in total. The third-order valence-electron chi connectivity index (χ3n) is 10.6. The molecule has 60 heavy (non-hydrogen) atoms. The predicted octanol–water partition coefficient (Wildman–Crippen LogP) is 6.07. The molecule has 0 spiro atoms. The highest BCUT2D eigenvalue weighted by Crippen LogP contribution is 2.45. The first-order chi connectivity index (χ1) is 28.2. The van der Waals surface area contributed by atoms with Crippen molar-refractivity contribution in [3.8, 4) is 22.8 Å². The molecule has 1 aromatic heterocycles. The Hall–Kier alpha value is -5.96. The largest absolute Gasteiger partial charge is 0.497 e. The van der Waals surface area contributed by atoms with Crippen LogP contribution in [0.3, 0.4) is 0 Å². The molecule has 4 amide bonds. The van der Waals surface area contributed by atoms with Gasteiger partial charge in [0.25, 0.3) is 15.9 Å². The summed E-state index contributed by atoms with van der Waals surface area (Å²) in [5, 5.41) is 6.21. The second-order valence-corrected chi connectivity index (χ2v) is 19.0. The fourth-order valence-electron chi connectivity index (χ4n) is 7.42. The first kappa shape index (κ1) is 43.6. The molecule has 0 bridgehead atoms. The molecule has 4 aromatic rings. The van der Waals surface area contributed by atoms with Crippen LogP contribution in [0.25, 0.3) is 22.2 Å². The van der Waals surface area contributed by atoms with Gasteiger partial charge < -0.3 is 29.7 Å². The van der Waals surface area contributed by atoms with E-state index in [1.54, 1.807) is 92.0 Å². The standard InChI is InChI=1S/C45H53N5O9S/c1-10-29-25-45(29,41(53)49-60(55,56)37-19-15-14-16-27(37)2)48-39(51)35-23-31(26-50(35)40(52)38(43(3,4)5)47-42(54)59-44(6,7)8)58-36-24-33(28-17-12-11-13-18-28)46-34-22-30(57-9)20-21-32(34)36/h10-22,24,29,31,35,38H,1,23,25-26H2,2-9H3,(H,47,54)(H,48,51)(H,49,53). The predicted molar refractivity (Wildman–Crippen MR) is 227 cm³/mol. The van der Waals surface area contributed by atoms with E-state index in [2.05, 4.69) is 21.9 Å². The first-order valence-electron chi connectivity index (χ1n) is 19.7. The van der Waals surface area contributed by atoms with Crippen LogP contribution in [0.5, 0.6) is 11.5 Å². The van der Waals surface area contributed by atoms with Crippen LogP contribution in [0, 0.1) is 18.3 Å². The summed E-state index contributed by atoms with van der Waals surface area (Å²) in [6.45, 7) is 15.8. The Morgan fingerprint density at radius 2 is 1.65 bits per heavy atom. The van der Waals surface area contributed by atoms with Gasteiger partial charge in [0.2, 0.25) is 11.8 Å². The Morgan fingerprint density at radius 3 is 2.27 bits per heavy atom. The number of hydrogen-bond donors (Lipinski definition) is 3. The molecule has 6 rings (SSSR count). The number of methoxy groups -OCH3 is 1. The van der Waals surface area contributed by atoms with E-state index in [1.807, 2.05) is 36.4 Å². The minimum atomic E-state index is -4.32. The summed E-state index contributed by atoms with van der Waals surface area (Å²) in [5.74, 6) is -1.77. The van der Waals surface area contributed by atoms with Gasteiger partial charge >= 0.3 is 6.09 Å². The number of hydrogen-bond acceptors (Lipinski definition) is 10. The summed E-state index contributed by atoms with van der Waals surface area (Å²) in [6.07, 6.45) is -0.0217. The summed E-state index contributed by atoms with van der Waals surface area (Å²) in [6, 6.07) is 20.6. The number of sulfonamides is 1. The molecule has 3 N–H and O–H groups in total. The number of rotatable bonds is 12. The number of fused-ring (bicyclic) bond motifs is 1. The molecule has 0 radical (unpaired) electrons. The van der Waals surface area contributed by atoms with Crippen LogP contribution in [0.15, 0.2) is 96.4 Å². The molecule has 2 fully saturated rings. The highest BCUT2D eigenvalue weighted by Gasteiger charge is 2.61. The molecular formula is C45H53N5O9S. The van der Waals surface area contributed by atoms with Crippen LogP contribution in [-0.4, -0.2) is 85.1 Å². The van der Waals surface area contributed by atoms with Gasteiger partial charge in [-0.05, 0) is 63.3 Å². The van der Waals surface area contributed by atoms with Crippen molar-refractivity contribution in [1.82, 2.24) is 25.2 Å². The van der Waals surface area contributed by atoms with Gasteiger partial charge in [0.15, 0.2) is 0 Å². The Morgan fingerprint density at radius 1 is 0.967 bits per heavy atom. The zero-order valence-corrected chi connectivity index (χ0v) is 36.0. The summed E-state index contributed by atoms with van der Waals surface area (Å²) < 4.78 is 46.7. The van der Waals surface area contributed by atoms with Crippen LogP contribution < -0.4 is 24.8 Å². The van der Waals surface area contributed by atoms with Gasteiger partial charge in [0, 0.05) is 35.4 Å². The van der Waals surface area contributed by atoms with Crippen molar-refractivity contribution in [1.29, 1.82) is 0 Å². The van der Waals surface area contributed by atoms with Crippen LogP contribution in [-0.2, 0) is 29.1 Å². The number of likely N-dealkylation sites (tertiary alicyclic amines) is 1. The molecule has 5 unspecified atom stereocenters. The van der Waals surface area contributed by atoms with Gasteiger partial charge in [-0.2, -0.15) is 0 Å². The number of nitrogens with zero attached hydrogens (tertiary/aromatic N) is 2. The van der Waals surface area contributed by atoms with E-state index >= 15 is 0 Å². The number of aryl methyl sites for hydroxylation is 1. The number of ether oxygens (including phenoxy) is 3. The molecular weight excluding hydrogens is 787 g/mol. The molecule has 5 atom stereocenters. The fraction of sp³-hybridized carbons (Fsp3) is 0.400. The van der Waals surface area contributed by atoms with E-state index in [4.69, 9.17) is 19.2 Å². The van der Waals surface area contributed by atoms with Gasteiger partial charge in [-0.25, -0.2) is 22.9 Å². The zero-order valence-electron chi connectivity index (χ0n) is 35.2. The lowest BCUT2D eigenvalue weighted by atomic mass is 9.85. The minimum Gasteiger partial charge on any atom is -0.497 e. The topological polar surface area (TPSA) is 182 Å². The van der Waals surface area contributed by atoms with Gasteiger partial charge in [0.1, 0.15) is 40.8 Å². The molecule has 2 heterocycles. The number of nitrogens with one attached hydrogen (secondary N) is 3. The Kier molecular flexibility index (Phi) is 12.1. The summed E-state index contributed by atoms with van der Waals surface area (Å²) in [7, 11) is -2.76. The molecule has 1 aliphatic carbocycles. The maximum absolute atomic E-state index is 14.8. The molecule has 3 aromatic carbocycles. The van der Waals surface area contributed by atoms with E-state index in [9.17, 15) is 27.6 Å². The van der Waals surface area contributed by atoms with Crippen molar-refractivity contribution in [3.63, 3.8) is 0 Å². The van der Waals surface area contributed by atoms with E-state index in [0.717, 1.165) is 5.56 Å². The van der Waals surface area contributed by atoms with Crippen molar-refractivity contribution in [2.75, 3.05) is 13.7 Å². The Bertz CT molecular complexity index is 2430. The van der Waals surface area contributed by atoms with Crippen LogP contribution in [0.4, 0.5) is 4.79 Å². The molecule has 2 aliphatic rings. The maximum atomic E-state index is 14.8. The lowest BCUT2D eigenvalue weighted by molar-refractivity contribution is -0.143. The average molecular weight is 840 g/mol. The van der Waals surface area contributed by atoms with Gasteiger partial charge in [-0.15, -0.1) is 6.58 Å². The van der Waals surface area contributed by atoms with Crippen molar-refractivity contribution in [3.05, 3.63) is 97.1 Å². The first-order valence-corrected chi connectivity index (χ1v) is 21.2. The van der Waals surface area contributed by atoms with Crippen LogP contribution >= 0.6 is 0 Å². The second kappa shape index (κ2) is 16.6. The number of carbonyl (C=O) groups is 4. The number of aromatic nitrogens is 1. The second-order valence-electron chi connectivity index (χ2n) is 17.4. The third kappa shape index (κ3) is 9.41. The van der Waals surface area contributed by atoms with Crippen LogP contribution in [0.1, 0.15) is 59.9 Å². The van der Waals surface area contributed by atoms with Gasteiger partial charge in [0.05, 0.1) is 29.8 Å². The molecule has 1 saturated heterocycles. The van der Waals surface area contributed by atoms with E-state index in [0.29, 0.717) is 33.7 Å². The number of benzene rings is 3. The molecule has 318 valence electrons. The summed E-state index contributed by atoms with van der Waals surface area (Å²) in [5.41, 5.74) is -0.878. The quantitative estimate of drug-likeness (QED) is 0.142. The van der Waals surface area contributed by atoms with Crippen molar-refractivity contribution in [2.45, 2.75) is 95.5 Å². The number of carbonyl (C=O) groups excluding carboxylic acids is 4. The summed E-state index contributed by atoms with van der Waals surface area (Å²) in [4.78, 5) is 62.6. The van der Waals surface area contributed by atoms with Gasteiger partial charge in [-0.1, -0.05) is 75.4 Å². The molecule has 1 aliphatic heterocycles. The number of pyridine rings is 1. The van der Waals surface area contributed by atoms with E-state index < -0.39 is 74.5 Å². The SMILES string of the molecule is C=CC1CC1(NC(=O)C1CC(Oc2cc(-c3ccccc3)nc3cc(OC)ccc23)CN1C(=O)C(NC(=O)OC(C)(C)C)C(C)(C)C)C(=O)NS(=O)(=O)c1ccccc1C. The van der Waals surface area contributed by atoms with Crippen molar-refractivity contribution in [2.24, 2.45) is 11.3 Å². The molecule has 1 saturated carbocycles. The van der Waals surface area contributed by atoms with Crippen molar-refractivity contribution >= 4 is 44.7 Å². The Balaban J connectivity index is 1.35. The minimum absolute atomic E-state index is 0.0144. The Labute approximate surface area is 351 Å². The smallest absolute Gasteiger partial charge is 0.408 e. The highest BCUT2D eigenvalue weighted by atomic mass is 32.2. The van der Waals surface area contributed by atoms with Gasteiger partial charge in [-0.3, -0.25) is 14.4 Å². The number of amides is 4. The molecule has 15 heteroatoms. The summed E-state index contributed by atoms with van der Waals surface area (Å²) >= 11 is 0. The van der Waals surface area contributed by atoms with Crippen molar-refractivity contribution < 1.29 is 41.8 Å². The normalized spacial score (nSPS) is 20.7.